The summed E-state index contributed by atoms with van der Waals surface area (Å²) in [4.78, 5) is 2.51. The summed E-state index contributed by atoms with van der Waals surface area (Å²) >= 11 is 0. The average molecular weight is 944 g/mol. The standard InChI is InChI=1S/C71H49N3/c1-71(2)63-44-54(52-30-35-67-61(42-52)59-21-11-13-23-65(59)72(67)56-17-5-3-6-18-56)32-37-69(63)74(58-34-29-50-40-49(27-28-51(50)41-58)48-26-25-46-15-9-10-16-47(46)39-48)70-38-33-55(45-64(70)71)53-31-36-68-62(43-53)60-22-12-14-24-66(60)73(68)57-19-7-4-8-20-57/h3-45H,1-2H3. The molecule has 0 bridgehead atoms. The van der Waals surface area contributed by atoms with Crippen LogP contribution in [0.4, 0.5) is 17.1 Å². The quantitative estimate of drug-likeness (QED) is 0.162. The predicted molar refractivity (Wildman–Crippen MR) is 313 cm³/mol. The second-order valence-electron chi connectivity index (χ2n) is 20.6. The first kappa shape index (κ1) is 42.3. The second-order valence-corrected chi connectivity index (χ2v) is 20.6. The molecule has 15 rings (SSSR count). The lowest BCUT2D eigenvalue weighted by Crippen LogP contribution is -2.30. The van der Waals surface area contributed by atoms with E-state index in [0.717, 1.165) is 17.1 Å². The SMILES string of the molecule is CC1(C)c2cc(-c3ccc4c(c3)c3ccccc3n4-c3ccccc3)ccc2N(c2ccc3cc(-c4ccc5ccccc5c4)ccc3c2)c2ccc(-c3ccc4c(c3)c3ccccc3n4-c3ccccc3)cc21. The van der Waals surface area contributed by atoms with E-state index in [9.17, 15) is 0 Å². The maximum absolute atomic E-state index is 2.51. The van der Waals surface area contributed by atoms with Crippen LogP contribution < -0.4 is 4.90 Å². The minimum Gasteiger partial charge on any atom is -0.310 e. The van der Waals surface area contributed by atoms with Crippen molar-refractivity contribution in [2.45, 2.75) is 19.3 Å². The van der Waals surface area contributed by atoms with Gasteiger partial charge in [-0.3, -0.25) is 0 Å². The molecule has 0 saturated carbocycles. The van der Waals surface area contributed by atoms with Gasteiger partial charge in [0.1, 0.15) is 0 Å². The third kappa shape index (κ3) is 6.53. The van der Waals surface area contributed by atoms with Gasteiger partial charge in [0.15, 0.2) is 0 Å². The van der Waals surface area contributed by atoms with Crippen molar-refractivity contribution in [2.24, 2.45) is 0 Å². The monoisotopic (exact) mass is 943 g/mol. The van der Waals surface area contributed by atoms with Crippen molar-refractivity contribution in [2.75, 3.05) is 4.90 Å². The van der Waals surface area contributed by atoms with Gasteiger partial charge in [0.25, 0.3) is 0 Å². The summed E-state index contributed by atoms with van der Waals surface area (Å²) < 4.78 is 4.79. The van der Waals surface area contributed by atoms with Gasteiger partial charge in [-0.15, -0.1) is 0 Å². The zero-order chi connectivity index (χ0) is 49.1. The number of anilines is 3. The molecule has 0 unspecified atom stereocenters. The molecule has 14 aromatic rings. The van der Waals surface area contributed by atoms with Gasteiger partial charge in [0, 0.05) is 44.0 Å². The van der Waals surface area contributed by atoms with Gasteiger partial charge in [-0.05, 0) is 175 Å². The van der Waals surface area contributed by atoms with Gasteiger partial charge < -0.3 is 14.0 Å². The molecule has 74 heavy (non-hydrogen) atoms. The third-order valence-electron chi connectivity index (χ3n) is 16.0. The van der Waals surface area contributed by atoms with Gasteiger partial charge in [-0.1, -0.05) is 166 Å². The summed E-state index contributed by atoms with van der Waals surface area (Å²) in [5, 5.41) is 9.94. The van der Waals surface area contributed by atoms with Crippen LogP contribution in [0.5, 0.6) is 0 Å². The second kappa shape index (κ2) is 16.3. The number of fused-ring (bicyclic) bond motifs is 10. The molecule has 1 aliphatic rings. The minimum absolute atomic E-state index is 0.348. The highest BCUT2D eigenvalue weighted by molar-refractivity contribution is 6.12. The van der Waals surface area contributed by atoms with E-state index >= 15 is 0 Å². The number of para-hydroxylation sites is 4. The van der Waals surface area contributed by atoms with Crippen molar-refractivity contribution in [3.63, 3.8) is 0 Å². The topological polar surface area (TPSA) is 13.1 Å². The van der Waals surface area contributed by atoms with Crippen LogP contribution in [-0.4, -0.2) is 9.13 Å². The van der Waals surface area contributed by atoms with E-state index in [1.807, 2.05) is 0 Å². The number of nitrogens with zero attached hydrogens (tertiary/aromatic N) is 3. The van der Waals surface area contributed by atoms with Crippen LogP contribution in [0, 0.1) is 0 Å². The number of hydrogen-bond donors (Lipinski definition) is 0. The highest BCUT2D eigenvalue weighted by Gasteiger charge is 2.38. The molecule has 0 atom stereocenters. The molecule has 12 aromatic carbocycles. The van der Waals surface area contributed by atoms with E-state index in [1.165, 1.54) is 121 Å². The van der Waals surface area contributed by atoms with Crippen LogP contribution in [0.25, 0.3) is 110 Å². The lowest BCUT2D eigenvalue weighted by molar-refractivity contribution is 0.632. The van der Waals surface area contributed by atoms with Gasteiger partial charge in [-0.25, -0.2) is 0 Å². The summed E-state index contributed by atoms with van der Waals surface area (Å²) in [5.41, 5.74) is 20.2. The van der Waals surface area contributed by atoms with E-state index in [-0.39, 0.29) is 5.41 Å². The van der Waals surface area contributed by atoms with Crippen molar-refractivity contribution in [3.8, 4) is 44.8 Å². The summed E-state index contributed by atoms with van der Waals surface area (Å²) in [6.45, 7) is 4.83. The Kier molecular flexibility index (Phi) is 9.31. The molecule has 0 aliphatic carbocycles. The fourth-order valence-corrected chi connectivity index (χ4v) is 12.3. The molecule has 0 saturated heterocycles. The molecular formula is C71H49N3. The number of benzene rings is 12. The van der Waals surface area contributed by atoms with Crippen LogP contribution in [0.2, 0.25) is 0 Å². The zero-order valence-electron chi connectivity index (χ0n) is 41.2. The molecule has 0 amide bonds. The van der Waals surface area contributed by atoms with Crippen molar-refractivity contribution >= 4 is 82.2 Å². The molecular weight excluding hydrogens is 895 g/mol. The molecule has 0 spiro atoms. The van der Waals surface area contributed by atoms with E-state index in [1.54, 1.807) is 0 Å². The fraction of sp³-hybridized carbons (Fsp3) is 0.0423. The minimum atomic E-state index is -0.348. The van der Waals surface area contributed by atoms with Crippen LogP contribution in [0.3, 0.4) is 0 Å². The van der Waals surface area contributed by atoms with E-state index in [2.05, 4.69) is 289 Å². The Balaban J connectivity index is 0.887. The Bertz CT molecular complexity index is 4360. The molecule has 1 aliphatic heterocycles. The highest BCUT2D eigenvalue weighted by Crippen LogP contribution is 2.54. The molecule has 348 valence electrons. The number of aromatic nitrogens is 2. The molecule has 0 N–H and O–H groups in total. The van der Waals surface area contributed by atoms with Crippen LogP contribution in [0.1, 0.15) is 25.0 Å². The van der Waals surface area contributed by atoms with Crippen LogP contribution in [-0.2, 0) is 5.41 Å². The summed E-state index contributed by atoms with van der Waals surface area (Å²) in [7, 11) is 0. The Morgan fingerprint density at radius 2 is 0.635 bits per heavy atom. The zero-order valence-corrected chi connectivity index (χ0v) is 41.2. The van der Waals surface area contributed by atoms with E-state index in [0.29, 0.717) is 0 Å². The van der Waals surface area contributed by atoms with Gasteiger partial charge in [0.2, 0.25) is 0 Å². The summed E-state index contributed by atoms with van der Waals surface area (Å²) in [5.74, 6) is 0. The molecule has 3 heterocycles. The maximum Gasteiger partial charge on any atom is 0.0541 e. The molecule has 3 heteroatoms. The van der Waals surface area contributed by atoms with Gasteiger partial charge in [0.05, 0.1) is 33.4 Å². The smallest absolute Gasteiger partial charge is 0.0541 e. The summed E-state index contributed by atoms with van der Waals surface area (Å²) in [6.07, 6.45) is 0. The number of hydrogen-bond acceptors (Lipinski definition) is 1. The first-order valence-corrected chi connectivity index (χ1v) is 25.7. The van der Waals surface area contributed by atoms with Crippen LogP contribution in [0.15, 0.2) is 261 Å². The molecule has 3 nitrogen and oxygen atoms in total. The molecule has 2 aromatic heterocycles. The molecule has 0 radical (unpaired) electrons. The Labute approximate surface area is 430 Å². The van der Waals surface area contributed by atoms with Crippen molar-refractivity contribution in [1.29, 1.82) is 0 Å². The highest BCUT2D eigenvalue weighted by atomic mass is 15.2. The van der Waals surface area contributed by atoms with Crippen LogP contribution >= 0.6 is 0 Å². The van der Waals surface area contributed by atoms with Crippen molar-refractivity contribution in [1.82, 2.24) is 9.13 Å². The van der Waals surface area contributed by atoms with Crippen molar-refractivity contribution in [3.05, 3.63) is 272 Å². The number of rotatable bonds is 6. The van der Waals surface area contributed by atoms with E-state index in [4.69, 9.17) is 0 Å². The van der Waals surface area contributed by atoms with Crippen molar-refractivity contribution < 1.29 is 0 Å². The Morgan fingerprint density at radius 3 is 1.19 bits per heavy atom. The predicted octanol–water partition coefficient (Wildman–Crippen LogP) is 19.3. The first-order chi connectivity index (χ1) is 36.4. The Hall–Kier alpha value is -9.44. The Morgan fingerprint density at radius 1 is 0.257 bits per heavy atom. The lowest BCUT2D eigenvalue weighted by Gasteiger charge is -2.42. The normalized spacial score (nSPS) is 13.1. The average Bonchev–Trinajstić information content (AvgIpc) is 4.00. The van der Waals surface area contributed by atoms with Gasteiger partial charge in [-0.2, -0.15) is 0 Å². The summed E-state index contributed by atoms with van der Waals surface area (Å²) in [6, 6.07) is 96.7. The third-order valence-corrected chi connectivity index (χ3v) is 16.0. The van der Waals surface area contributed by atoms with E-state index < -0.39 is 0 Å². The lowest BCUT2D eigenvalue weighted by atomic mass is 9.72. The van der Waals surface area contributed by atoms with Gasteiger partial charge >= 0.3 is 0 Å². The fourth-order valence-electron chi connectivity index (χ4n) is 12.3. The maximum atomic E-state index is 2.51. The first-order valence-electron chi connectivity index (χ1n) is 25.7. The molecule has 0 fully saturated rings. The largest absolute Gasteiger partial charge is 0.310 e.